The molecule has 0 aromatic heterocycles. The third kappa shape index (κ3) is 18.3. The van der Waals surface area contributed by atoms with Crippen molar-refractivity contribution < 1.29 is 0 Å². The summed E-state index contributed by atoms with van der Waals surface area (Å²) in [5.74, 6) is 0. The van der Waals surface area contributed by atoms with Crippen molar-refractivity contribution in [2.24, 2.45) is 0 Å². The van der Waals surface area contributed by atoms with E-state index in [2.05, 4.69) is 12.6 Å². The molecule has 0 rings (SSSR count). The number of hydrogen-bond acceptors (Lipinski definition) is 2. The van der Waals surface area contributed by atoms with E-state index < -0.39 is 0 Å². The zero-order chi connectivity index (χ0) is 2.71. The van der Waals surface area contributed by atoms with E-state index >= 15 is 0 Å². The van der Waals surface area contributed by atoms with Gasteiger partial charge in [0.05, 0.1) is 0 Å². The first-order valence-electron chi connectivity index (χ1n) is 0.447. The van der Waals surface area contributed by atoms with Gasteiger partial charge < -0.3 is 0 Å². The van der Waals surface area contributed by atoms with Gasteiger partial charge in [-0.15, -0.1) is 0 Å². The van der Waals surface area contributed by atoms with Crippen molar-refractivity contribution in [1.29, 1.82) is 5.26 Å². The molecular weight excluding hydrogens is 82.4 g/mol. The Morgan fingerprint density at radius 1 is 1.75 bits per heavy atom. The van der Waals surface area contributed by atoms with Gasteiger partial charge in [0.25, 0.3) is 0 Å². The summed E-state index contributed by atoms with van der Waals surface area (Å²) in [7, 11) is 0. The molecule has 0 spiro atoms. The first kappa shape index (κ1) is 8.82. The van der Waals surface area contributed by atoms with Crippen LogP contribution in [-0.4, -0.2) is 23.1 Å². The van der Waals surface area contributed by atoms with E-state index in [1.807, 2.05) is 0 Å². The molecule has 0 saturated carbocycles. The topological polar surface area (TPSA) is 23.8 Å². The van der Waals surface area contributed by atoms with Crippen molar-refractivity contribution >= 4 is 35.7 Å². The molecule has 20 valence electrons. The molecule has 4 heavy (non-hydrogen) atoms. The van der Waals surface area contributed by atoms with Crippen LogP contribution in [0.5, 0.6) is 0 Å². The fraction of sp³-hybridized carbons (Fsp3) is 0. The molecule has 0 aliphatic carbocycles. The highest BCUT2D eigenvalue weighted by molar-refractivity contribution is 7.85. The zero-order valence-corrected chi connectivity index (χ0v) is 2.29. The summed E-state index contributed by atoms with van der Waals surface area (Å²) in [6.45, 7) is 0. The summed E-state index contributed by atoms with van der Waals surface area (Å²) < 4.78 is 0. The minimum absolute atomic E-state index is 0. The fourth-order valence-corrected chi connectivity index (χ4v) is 0. The van der Waals surface area contributed by atoms with Crippen molar-refractivity contribution in [1.82, 2.24) is 0 Å². The maximum absolute atomic E-state index is 7.18. The summed E-state index contributed by atoms with van der Waals surface area (Å²) in [5.41, 5.74) is 0. The first-order chi connectivity index (χ1) is 1.41. The highest BCUT2D eigenvalue weighted by atomic mass is 32.1. The second-order valence-corrected chi connectivity index (χ2v) is 0.300. The molecule has 3 heteroatoms. The summed E-state index contributed by atoms with van der Waals surface area (Å²) in [5, 5.41) is 8.63. The van der Waals surface area contributed by atoms with Crippen molar-refractivity contribution in [3.63, 3.8) is 0 Å². The Hall–Kier alpha value is 0.606. The first-order valence-corrected chi connectivity index (χ1v) is 0.894. The highest BCUT2D eigenvalue weighted by Crippen LogP contribution is 1.46. The van der Waals surface area contributed by atoms with Crippen LogP contribution in [-0.2, 0) is 0 Å². The predicted octanol–water partition coefficient (Wildman–Crippen LogP) is -0.519. The average molecular weight is 85.4 g/mol. The van der Waals surface area contributed by atoms with Crippen LogP contribution in [0.2, 0.25) is 0 Å². The quantitative estimate of drug-likeness (QED) is 0.239. The van der Waals surface area contributed by atoms with Gasteiger partial charge in [-0.2, -0.15) is 5.26 Å². The van der Waals surface area contributed by atoms with Gasteiger partial charge in [0, 0.05) is 0 Å². The minimum atomic E-state index is 0. The van der Waals surface area contributed by atoms with Gasteiger partial charge in [0.2, 0.25) is 0 Å². The molecule has 0 amide bonds. The average Bonchev–Trinajstić information content (AvgIpc) is 0.918. The summed E-state index contributed by atoms with van der Waals surface area (Å²) in [6.07, 6.45) is 0. The fourth-order valence-electron chi connectivity index (χ4n) is 0. The van der Waals surface area contributed by atoms with Crippen LogP contribution >= 0.6 is 12.6 Å². The van der Waals surface area contributed by atoms with Crippen LogP contribution < -0.4 is 0 Å². The molecule has 0 aromatic rings. The van der Waals surface area contributed by atoms with Gasteiger partial charge in [0.15, 0.2) is 0 Å². The second-order valence-electron chi connectivity index (χ2n) is 0.100. The van der Waals surface area contributed by atoms with Crippen molar-refractivity contribution in [2.45, 2.75) is 0 Å². The van der Waals surface area contributed by atoms with E-state index in [1.54, 1.807) is 0 Å². The molecule has 0 bridgehead atoms. The number of rotatable bonds is 0. The van der Waals surface area contributed by atoms with E-state index in [0.717, 1.165) is 0 Å². The Morgan fingerprint density at radius 2 is 1.75 bits per heavy atom. The summed E-state index contributed by atoms with van der Waals surface area (Å²) in [4.78, 5) is 0. The van der Waals surface area contributed by atoms with Gasteiger partial charge >= 0.3 is 23.1 Å². The van der Waals surface area contributed by atoms with Gasteiger partial charge in [-0.1, -0.05) is 12.6 Å². The van der Waals surface area contributed by atoms with E-state index in [9.17, 15) is 0 Å². The molecule has 0 saturated heterocycles. The van der Waals surface area contributed by atoms with Crippen LogP contribution in [0.25, 0.3) is 0 Å². The summed E-state index contributed by atoms with van der Waals surface area (Å²) >= 11 is 3.09. The Labute approximate surface area is 46.6 Å². The number of thiol groups is 1. The van der Waals surface area contributed by atoms with Crippen LogP contribution in [0.4, 0.5) is 0 Å². The van der Waals surface area contributed by atoms with E-state index in [4.69, 9.17) is 5.26 Å². The molecule has 0 atom stereocenters. The van der Waals surface area contributed by atoms with Gasteiger partial charge in [0.1, 0.15) is 5.40 Å². The van der Waals surface area contributed by atoms with Gasteiger partial charge in [-0.05, 0) is 0 Å². The number of nitriles is 1. The maximum atomic E-state index is 7.18. The molecule has 1 nitrogen and oxygen atoms in total. The zero-order valence-electron chi connectivity index (χ0n) is 1.39. The Balaban J connectivity index is 0. The molecule has 0 radical (unpaired) electrons. The molecular formula is CH3MgNS. The highest BCUT2D eigenvalue weighted by Gasteiger charge is 1.18. The number of nitrogens with zero attached hydrogens (tertiary/aromatic N) is 1. The molecule has 0 aromatic carbocycles. The predicted molar refractivity (Wildman–Crippen MR) is 23.1 cm³/mol. The Bertz CT molecular complexity index is 29.5. The molecule has 0 fully saturated rings. The van der Waals surface area contributed by atoms with E-state index in [1.165, 1.54) is 5.40 Å². The Morgan fingerprint density at radius 3 is 1.75 bits per heavy atom. The smallest absolute Gasteiger partial charge is 0.185 e. The van der Waals surface area contributed by atoms with Crippen LogP contribution in [0.3, 0.4) is 0 Å². The van der Waals surface area contributed by atoms with Crippen molar-refractivity contribution in [3.05, 3.63) is 0 Å². The van der Waals surface area contributed by atoms with Crippen LogP contribution in [0.15, 0.2) is 0 Å². The lowest BCUT2D eigenvalue weighted by molar-refractivity contribution is 1.57. The van der Waals surface area contributed by atoms with Gasteiger partial charge in [-0.3, -0.25) is 0 Å². The number of thiocyanates is 1. The Kier molecular flexibility index (Phi) is 20.9. The maximum Gasteiger partial charge on any atom is 0.316 e. The lowest BCUT2D eigenvalue weighted by Gasteiger charge is -1.14. The molecule has 0 N–H and O–H groups in total. The van der Waals surface area contributed by atoms with Gasteiger partial charge in [-0.25, -0.2) is 0 Å². The van der Waals surface area contributed by atoms with Crippen molar-refractivity contribution in [2.75, 3.05) is 0 Å². The van der Waals surface area contributed by atoms with E-state index in [-0.39, 0.29) is 23.1 Å². The molecule has 0 aliphatic rings. The normalized spacial score (nSPS) is 2.00. The third-order valence-electron chi connectivity index (χ3n) is 0. The lowest BCUT2D eigenvalue weighted by Crippen LogP contribution is -0.961. The lowest BCUT2D eigenvalue weighted by atomic mass is 11.8. The SMILES string of the molecule is N#CS.[MgH2]. The number of hydrogen-bond donors (Lipinski definition) is 1. The van der Waals surface area contributed by atoms with E-state index in [0.29, 0.717) is 0 Å². The molecule has 0 aliphatic heterocycles. The van der Waals surface area contributed by atoms with Crippen molar-refractivity contribution in [3.8, 4) is 5.40 Å². The largest absolute Gasteiger partial charge is 0.316 e. The third-order valence-corrected chi connectivity index (χ3v) is 0. The molecule has 0 heterocycles. The second kappa shape index (κ2) is 9.49. The minimum Gasteiger partial charge on any atom is -0.185 e. The standard InChI is InChI=1S/CHNS.Mg.2H/c2-1-3;;;/h3H;;;. The monoisotopic (exact) mass is 85.0 g/mol. The molecule has 0 unspecified atom stereocenters. The van der Waals surface area contributed by atoms with Crippen LogP contribution in [0, 0.1) is 10.7 Å². The van der Waals surface area contributed by atoms with Crippen LogP contribution in [0.1, 0.15) is 0 Å². The summed E-state index contributed by atoms with van der Waals surface area (Å²) in [6, 6.07) is 0.